The van der Waals surface area contributed by atoms with Gasteiger partial charge in [-0.2, -0.15) is 0 Å². The Hall–Kier alpha value is -1.32. The molecule has 0 saturated carbocycles. The quantitative estimate of drug-likeness (QED) is 0.712. The van der Waals surface area contributed by atoms with Crippen LogP contribution < -0.4 is 5.73 Å². The van der Waals surface area contributed by atoms with Crippen LogP contribution in [0.2, 0.25) is 0 Å². The summed E-state index contributed by atoms with van der Waals surface area (Å²) in [6.07, 6.45) is 3.64. The molecule has 4 nitrogen and oxygen atoms in total. The van der Waals surface area contributed by atoms with Crippen LogP contribution in [0.15, 0.2) is 12.5 Å². The Kier molecular flexibility index (Phi) is 2.47. The number of nitrogens with two attached hydrogens (primary N) is 1. The van der Waals surface area contributed by atoms with E-state index in [0.717, 1.165) is 5.69 Å². The Morgan fingerprint density at radius 3 is 2.92 bits per heavy atom. The van der Waals surface area contributed by atoms with Crippen molar-refractivity contribution in [3.05, 3.63) is 18.2 Å². The minimum Gasteiger partial charge on any atom is -0.369 e. The van der Waals surface area contributed by atoms with Crippen LogP contribution in [0.3, 0.4) is 0 Å². The minimum atomic E-state index is -0.322. The molecule has 0 aromatic carbocycles. The van der Waals surface area contributed by atoms with Gasteiger partial charge < -0.3 is 10.3 Å². The third kappa shape index (κ3) is 1.84. The van der Waals surface area contributed by atoms with E-state index in [1.807, 2.05) is 18.4 Å². The van der Waals surface area contributed by atoms with Gasteiger partial charge in [0.15, 0.2) is 0 Å². The molecule has 0 atom stereocenters. The van der Waals surface area contributed by atoms with Crippen molar-refractivity contribution < 1.29 is 4.79 Å². The van der Waals surface area contributed by atoms with Gasteiger partial charge in [-0.25, -0.2) is 4.98 Å². The van der Waals surface area contributed by atoms with Gasteiger partial charge in [0.05, 0.1) is 12.7 Å². The highest BCUT2D eigenvalue weighted by Crippen LogP contribution is 2.08. The summed E-state index contributed by atoms with van der Waals surface area (Å²) in [5.74, 6) is -0.322. The van der Waals surface area contributed by atoms with Gasteiger partial charge in [0.1, 0.15) is 0 Å². The van der Waals surface area contributed by atoms with Crippen LogP contribution in [0.1, 0.15) is 25.6 Å². The van der Waals surface area contributed by atoms with Crippen molar-refractivity contribution >= 4 is 5.91 Å². The molecular weight excluding hydrogens is 154 g/mol. The molecule has 1 heterocycles. The average Bonchev–Trinajstić information content (AvgIpc) is 2.33. The first-order valence-electron chi connectivity index (χ1n) is 3.90. The second-order valence-electron chi connectivity index (χ2n) is 3.03. The Morgan fingerprint density at radius 2 is 2.42 bits per heavy atom. The molecule has 12 heavy (non-hydrogen) atoms. The van der Waals surface area contributed by atoms with E-state index < -0.39 is 0 Å². The summed E-state index contributed by atoms with van der Waals surface area (Å²) in [6, 6.07) is 0.321. The fourth-order valence-corrected chi connectivity index (χ4v) is 1.11. The number of aromatic nitrogens is 2. The van der Waals surface area contributed by atoms with E-state index in [1.165, 1.54) is 0 Å². The lowest BCUT2D eigenvalue weighted by molar-refractivity contribution is -0.117. The van der Waals surface area contributed by atoms with Gasteiger partial charge in [-0.15, -0.1) is 0 Å². The first-order chi connectivity index (χ1) is 5.61. The van der Waals surface area contributed by atoms with Crippen LogP contribution >= 0.6 is 0 Å². The standard InChI is InChI=1S/C8H13N3O/c1-6(2)11-5-10-4-7(11)3-8(9)12/h4-6H,3H2,1-2H3,(H2,9,12). The van der Waals surface area contributed by atoms with Gasteiger partial charge in [0, 0.05) is 17.9 Å². The third-order valence-electron chi connectivity index (χ3n) is 1.66. The fourth-order valence-electron chi connectivity index (χ4n) is 1.11. The van der Waals surface area contributed by atoms with Crippen molar-refractivity contribution in [3.8, 4) is 0 Å². The van der Waals surface area contributed by atoms with Gasteiger partial charge in [-0.05, 0) is 13.8 Å². The number of carbonyl (C=O) groups excluding carboxylic acids is 1. The summed E-state index contributed by atoms with van der Waals surface area (Å²) in [4.78, 5) is 14.6. The van der Waals surface area contributed by atoms with Gasteiger partial charge in [-0.3, -0.25) is 4.79 Å². The van der Waals surface area contributed by atoms with Gasteiger partial charge in [0.25, 0.3) is 0 Å². The van der Waals surface area contributed by atoms with E-state index in [1.54, 1.807) is 12.5 Å². The molecule has 0 fully saturated rings. The number of nitrogens with zero attached hydrogens (tertiary/aromatic N) is 2. The predicted molar refractivity (Wildman–Crippen MR) is 45.5 cm³/mol. The number of carbonyl (C=O) groups is 1. The third-order valence-corrected chi connectivity index (χ3v) is 1.66. The molecule has 1 aromatic heterocycles. The highest BCUT2D eigenvalue weighted by atomic mass is 16.1. The van der Waals surface area contributed by atoms with E-state index >= 15 is 0 Å². The van der Waals surface area contributed by atoms with Crippen LogP contribution in [-0.2, 0) is 11.2 Å². The van der Waals surface area contributed by atoms with Gasteiger partial charge in [-0.1, -0.05) is 0 Å². The molecule has 0 bridgehead atoms. The highest BCUT2D eigenvalue weighted by molar-refractivity contribution is 5.76. The Morgan fingerprint density at radius 1 is 1.75 bits per heavy atom. The molecule has 1 aromatic rings. The number of amides is 1. The number of hydrogen-bond acceptors (Lipinski definition) is 2. The number of hydrogen-bond donors (Lipinski definition) is 1. The lowest BCUT2D eigenvalue weighted by Gasteiger charge is -2.09. The second kappa shape index (κ2) is 3.38. The van der Waals surface area contributed by atoms with Crippen molar-refractivity contribution in [2.75, 3.05) is 0 Å². The smallest absolute Gasteiger partial charge is 0.223 e. The summed E-state index contributed by atoms with van der Waals surface area (Å²) in [7, 11) is 0. The van der Waals surface area contributed by atoms with Crippen LogP contribution in [0.25, 0.3) is 0 Å². The summed E-state index contributed by atoms with van der Waals surface area (Å²) in [5, 5.41) is 0. The molecule has 1 rings (SSSR count). The normalized spacial score (nSPS) is 10.6. The monoisotopic (exact) mass is 167 g/mol. The van der Waals surface area contributed by atoms with Crippen LogP contribution in [0.4, 0.5) is 0 Å². The van der Waals surface area contributed by atoms with E-state index in [2.05, 4.69) is 4.98 Å². The zero-order valence-corrected chi connectivity index (χ0v) is 7.32. The first-order valence-corrected chi connectivity index (χ1v) is 3.90. The topological polar surface area (TPSA) is 60.9 Å². The molecule has 0 aliphatic heterocycles. The van der Waals surface area contributed by atoms with Gasteiger partial charge in [0.2, 0.25) is 5.91 Å². The maximum Gasteiger partial charge on any atom is 0.223 e. The molecular formula is C8H13N3O. The predicted octanol–water partition coefficient (Wildman–Crippen LogP) is 0.492. The SMILES string of the molecule is CC(C)n1cncc1CC(N)=O. The molecule has 0 saturated heterocycles. The van der Waals surface area contributed by atoms with Crippen molar-refractivity contribution in [1.82, 2.24) is 9.55 Å². The average molecular weight is 167 g/mol. The number of imidazole rings is 1. The van der Waals surface area contributed by atoms with Crippen molar-refractivity contribution in [2.24, 2.45) is 5.73 Å². The first kappa shape index (κ1) is 8.77. The van der Waals surface area contributed by atoms with Crippen LogP contribution in [0, 0.1) is 0 Å². The molecule has 2 N–H and O–H groups in total. The lowest BCUT2D eigenvalue weighted by atomic mass is 10.3. The summed E-state index contributed by atoms with van der Waals surface area (Å²) in [6.45, 7) is 4.07. The van der Waals surface area contributed by atoms with Crippen LogP contribution in [0.5, 0.6) is 0 Å². The Balaban J connectivity index is 2.84. The van der Waals surface area contributed by atoms with E-state index in [9.17, 15) is 4.79 Å². The molecule has 4 heteroatoms. The maximum absolute atomic E-state index is 10.6. The maximum atomic E-state index is 10.6. The van der Waals surface area contributed by atoms with E-state index in [0.29, 0.717) is 6.04 Å². The number of rotatable bonds is 3. The highest BCUT2D eigenvalue weighted by Gasteiger charge is 2.06. The molecule has 1 amide bonds. The lowest BCUT2D eigenvalue weighted by Crippen LogP contribution is -2.16. The fraction of sp³-hybridized carbons (Fsp3) is 0.500. The Bertz CT molecular complexity index is 278. The minimum absolute atomic E-state index is 0.262. The molecule has 0 aliphatic rings. The number of primary amides is 1. The van der Waals surface area contributed by atoms with Crippen molar-refractivity contribution in [3.63, 3.8) is 0 Å². The second-order valence-corrected chi connectivity index (χ2v) is 3.03. The van der Waals surface area contributed by atoms with E-state index in [4.69, 9.17) is 5.73 Å². The van der Waals surface area contributed by atoms with E-state index in [-0.39, 0.29) is 12.3 Å². The van der Waals surface area contributed by atoms with Crippen molar-refractivity contribution in [1.29, 1.82) is 0 Å². The zero-order chi connectivity index (χ0) is 9.14. The molecule has 66 valence electrons. The summed E-state index contributed by atoms with van der Waals surface area (Å²) >= 11 is 0. The molecule has 0 radical (unpaired) electrons. The van der Waals surface area contributed by atoms with Crippen LogP contribution in [-0.4, -0.2) is 15.5 Å². The van der Waals surface area contributed by atoms with Crippen molar-refractivity contribution in [2.45, 2.75) is 26.3 Å². The summed E-state index contributed by atoms with van der Waals surface area (Å²) in [5.41, 5.74) is 5.95. The van der Waals surface area contributed by atoms with Gasteiger partial charge >= 0.3 is 0 Å². The molecule has 0 spiro atoms. The molecule has 0 unspecified atom stereocenters. The zero-order valence-electron chi connectivity index (χ0n) is 7.32. The Labute approximate surface area is 71.4 Å². The largest absolute Gasteiger partial charge is 0.369 e. The summed E-state index contributed by atoms with van der Waals surface area (Å²) < 4.78 is 1.94. The molecule has 0 aliphatic carbocycles.